The van der Waals surface area contributed by atoms with Crippen molar-refractivity contribution < 1.29 is 23.3 Å². The highest BCUT2D eigenvalue weighted by atomic mass is 32.2. The molecule has 0 aliphatic carbocycles. The fraction of sp³-hybridized carbons (Fsp3) is 0.259. The number of carbonyl (C=O) groups excluding carboxylic acids is 3. The molecular weight excluding hydrogens is 552 g/mol. The van der Waals surface area contributed by atoms with Crippen LogP contribution < -0.4 is 21.1 Å². The minimum absolute atomic E-state index is 0.0232. The molecule has 210 valence electrons. The molecular formula is C27H30N6O5S2. The lowest BCUT2D eigenvalue weighted by atomic mass is 10.2. The maximum Gasteiger partial charge on any atom is 0.251 e. The summed E-state index contributed by atoms with van der Waals surface area (Å²) in [6.45, 7) is -0.221. The zero-order chi connectivity index (χ0) is 28.9. The number of amidine groups is 1. The van der Waals surface area contributed by atoms with Crippen LogP contribution in [0.1, 0.15) is 27.2 Å². The fourth-order valence-electron chi connectivity index (χ4n) is 4.21. The van der Waals surface area contributed by atoms with E-state index in [-0.39, 0.29) is 31.9 Å². The third-order valence-electron chi connectivity index (χ3n) is 6.42. The number of hydrogen-bond acceptors (Lipinski definition) is 8. The first-order valence-electron chi connectivity index (χ1n) is 12.3. The van der Waals surface area contributed by atoms with Crippen LogP contribution >= 0.6 is 11.3 Å². The quantitative estimate of drug-likeness (QED) is 0.181. The van der Waals surface area contributed by atoms with Gasteiger partial charge in [-0.25, -0.2) is 4.21 Å². The van der Waals surface area contributed by atoms with Crippen LogP contribution in [0.25, 0.3) is 0 Å². The van der Waals surface area contributed by atoms with Gasteiger partial charge in [0.15, 0.2) is 0 Å². The van der Waals surface area contributed by atoms with Crippen molar-refractivity contribution in [3.05, 3.63) is 82.0 Å². The van der Waals surface area contributed by atoms with Crippen LogP contribution in [0.2, 0.25) is 0 Å². The summed E-state index contributed by atoms with van der Waals surface area (Å²) in [6.07, 6.45) is 1.37. The molecule has 3 amide bonds. The summed E-state index contributed by atoms with van der Waals surface area (Å²) in [5.41, 5.74) is 6.37. The van der Waals surface area contributed by atoms with Gasteiger partial charge in [0.25, 0.3) is 5.91 Å². The standard InChI is InChI=1S/C27H30N6O5S2/c1-40(30,37)22-12-23(27(36)31-13-21-11-18(16-39-21)25(28)29)33(15-22)24(34)14-32-26(35)17-7-9-20(10-8-17)38-19-5-3-2-4-6-19/h2-11,16,22-23,30H,12-15H2,1H3,(H3,28,29)(H,31,36)(H,32,35). The van der Waals surface area contributed by atoms with Crippen LogP contribution in [0, 0.1) is 10.2 Å². The van der Waals surface area contributed by atoms with Gasteiger partial charge in [0.2, 0.25) is 11.8 Å². The van der Waals surface area contributed by atoms with Crippen LogP contribution in [0.15, 0.2) is 66.0 Å². The van der Waals surface area contributed by atoms with Gasteiger partial charge >= 0.3 is 0 Å². The van der Waals surface area contributed by atoms with Crippen molar-refractivity contribution in [2.45, 2.75) is 24.3 Å². The van der Waals surface area contributed by atoms with Crippen molar-refractivity contribution in [3.8, 4) is 11.5 Å². The summed E-state index contributed by atoms with van der Waals surface area (Å²) in [5.74, 6) is -0.301. The molecule has 1 aliphatic heterocycles. The maximum absolute atomic E-state index is 13.1. The third kappa shape index (κ3) is 7.24. The topological polar surface area (TPSA) is 179 Å². The number of thiophene rings is 1. The molecule has 3 unspecified atom stereocenters. The largest absolute Gasteiger partial charge is 0.457 e. The highest BCUT2D eigenvalue weighted by Crippen LogP contribution is 2.25. The first-order valence-corrected chi connectivity index (χ1v) is 15.2. The van der Waals surface area contributed by atoms with Crippen molar-refractivity contribution in [2.75, 3.05) is 19.3 Å². The molecule has 1 aliphatic rings. The van der Waals surface area contributed by atoms with E-state index < -0.39 is 38.7 Å². The Morgan fingerprint density at radius 1 is 1.07 bits per heavy atom. The van der Waals surface area contributed by atoms with Gasteiger partial charge in [0.1, 0.15) is 23.4 Å². The van der Waals surface area contributed by atoms with Crippen LogP contribution in [0.5, 0.6) is 11.5 Å². The molecule has 40 heavy (non-hydrogen) atoms. The number of likely N-dealkylation sites (tertiary alicyclic amines) is 1. The molecule has 3 aromatic rings. The predicted octanol–water partition coefficient (Wildman–Crippen LogP) is 2.52. The van der Waals surface area contributed by atoms with E-state index in [2.05, 4.69) is 10.6 Å². The second-order valence-corrected chi connectivity index (χ2v) is 12.8. The lowest BCUT2D eigenvalue weighted by molar-refractivity contribution is -0.137. The number of nitrogen functional groups attached to an aromatic ring is 1. The van der Waals surface area contributed by atoms with Gasteiger partial charge in [0.05, 0.1) is 18.3 Å². The van der Waals surface area contributed by atoms with E-state index in [1.165, 1.54) is 22.5 Å². The van der Waals surface area contributed by atoms with Crippen LogP contribution in [0.4, 0.5) is 0 Å². The number of ether oxygens (including phenoxy) is 1. The molecule has 3 atom stereocenters. The zero-order valence-electron chi connectivity index (χ0n) is 21.7. The molecule has 0 bridgehead atoms. The van der Waals surface area contributed by atoms with Gasteiger partial charge in [-0.05, 0) is 48.9 Å². The van der Waals surface area contributed by atoms with Crippen LogP contribution in [-0.2, 0) is 25.9 Å². The van der Waals surface area contributed by atoms with E-state index in [9.17, 15) is 18.6 Å². The van der Waals surface area contributed by atoms with Crippen LogP contribution in [0.3, 0.4) is 0 Å². The molecule has 1 aromatic heterocycles. The Morgan fingerprint density at radius 2 is 1.75 bits per heavy atom. The summed E-state index contributed by atoms with van der Waals surface area (Å²) in [4.78, 5) is 40.9. The second-order valence-electron chi connectivity index (χ2n) is 9.38. The van der Waals surface area contributed by atoms with E-state index in [4.69, 9.17) is 20.7 Å². The number of benzene rings is 2. The summed E-state index contributed by atoms with van der Waals surface area (Å²) < 4.78 is 26.2. The SMILES string of the molecule is CS(=N)(=O)C1CC(C(=O)NCc2cc(C(=N)N)cs2)N(C(=O)CNC(=O)c2ccc(Oc3ccccc3)cc2)C1. The average Bonchev–Trinajstić information content (AvgIpc) is 3.59. The number of amides is 3. The fourth-order valence-corrected chi connectivity index (χ4v) is 6.03. The van der Waals surface area contributed by atoms with Gasteiger partial charge in [0, 0.05) is 43.9 Å². The third-order valence-corrected chi connectivity index (χ3v) is 8.97. The lowest BCUT2D eigenvalue weighted by Crippen LogP contribution is -2.48. The molecule has 6 N–H and O–H groups in total. The number of nitrogens with zero attached hydrogens (tertiary/aromatic N) is 1. The van der Waals surface area contributed by atoms with Gasteiger partial charge < -0.3 is 26.0 Å². The molecule has 4 rings (SSSR count). The number of rotatable bonds is 10. The van der Waals surface area contributed by atoms with Crippen molar-refractivity contribution in [2.24, 2.45) is 5.73 Å². The number of nitrogens with two attached hydrogens (primary N) is 1. The molecule has 0 spiro atoms. The Morgan fingerprint density at radius 3 is 2.38 bits per heavy atom. The van der Waals surface area contributed by atoms with Gasteiger partial charge in [-0.1, -0.05) is 18.2 Å². The average molecular weight is 583 g/mol. The number of hydrogen-bond donors (Lipinski definition) is 5. The first kappa shape index (κ1) is 28.8. The molecule has 13 heteroatoms. The Hall–Kier alpha value is -4.23. The normalized spacial score (nSPS) is 18.0. The minimum Gasteiger partial charge on any atom is -0.457 e. The van der Waals surface area contributed by atoms with E-state index in [0.717, 1.165) is 4.88 Å². The number of carbonyl (C=O) groups is 3. The Labute approximate surface area is 236 Å². The molecule has 0 saturated carbocycles. The Balaban J connectivity index is 1.36. The van der Waals surface area contributed by atoms with Gasteiger partial charge in [-0.3, -0.25) is 24.6 Å². The summed E-state index contributed by atoms with van der Waals surface area (Å²) in [7, 11) is -3.02. The molecule has 2 heterocycles. The Bertz CT molecular complexity index is 1510. The van der Waals surface area contributed by atoms with Crippen molar-refractivity contribution in [1.29, 1.82) is 10.2 Å². The Kier molecular flexibility index (Phi) is 8.85. The molecule has 11 nitrogen and oxygen atoms in total. The highest BCUT2D eigenvalue weighted by molar-refractivity contribution is 7.92. The molecule has 1 saturated heterocycles. The summed E-state index contributed by atoms with van der Waals surface area (Å²) in [5, 5.41) is 13.9. The van der Waals surface area contributed by atoms with E-state index >= 15 is 0 Å². The van der Waals surface area contributed by atoms with E-state index in [1.807, 2.05) is 30.3 Å². The van der Waals surface area contributed by atoms with E-state index in [0.29, 0.717) is 22.6 Å². The smallest absolute Gasteiger partial charge is 0.251 e. The van der Waals surface area contributed by atoms with Gasteiger partial charge in [-0.2, -0.15) is 0 Å². The van der Waals surface area contributed by atoms with Crippen molar-refractivity contribution in [3.63, 3.8) is 0 Å². The lowest BCUT2D eigenvalue weighted by Gasteiger charge is -2.24. The highest BCUT2D eigenvalue weighted by Gasteiger charge is 2.42. The number of para-hydroxylation sites is 1. The molecule has 2 aromatic carbocycles. The van der Waals surface area contributed by atoms with Crippen molar-refractivity contribution >= 4 is 44.6 Å². The monoisotopic (exact) mass is 582 g/mol. The first-order chi connectivity index (χ1) is 19.0. The minimum atomic E-state index is -3.02. The summed E-state index contributed by atoms with van der Waals surface area (Å²) >= 11 is 1.34. The van der Waals surface area contributed by atoms with Crippen LogP contribution in [-0.4, -0.2) is 63.3 Å². The second kappa shape index (κ2) is 12.3. The molecule has 1 fully saturated rings. The van der Waals surface area contributed by atoms with E-state index in [1.54, 1.807) is 35.7 Å². The molecule has 0 radical (unpaired) electrons. The zero-order valence-corrected chi connectivity index (χ0v) is 23.3. The predicted molar refractivity (Wildman–Crippen MR) is 153 cm³/mol. The summed E-state index contributed by atoms with van der Waals surface area (Å²) in [6, 6.07) is 16.4. The maximum atomic E-state index is 13.1. The number of nitrogens with one attached hydrogen (secondary N) is 4. The van der Waals surface area contributed by atoms with Crippen molar-refractivity contribution in [1.82, 2.24) is 15.5 Å². The van der Waals surface area contributed by atoms with Gasteiger partial charge in [-0.15, -0.1) is 11.3 Å².